The molecule has 6 heteroatoms. The molecule has 136 valence electrons. The number of nitrogens with one attached hydrogen (secondary N) is 1. The van der Waals surface area contributed by atoms with Gasteiger partial charge in [-0.1, -0.05) is 18.2 Å². The quantitative estimate of drug-likeness (QED) is 0.601. The summed E-state index contributed by atoms with van der Waals surface area (Å²) >= 11 is 0. The standard InChI is InChI=1S/C21H21N5O/c1-27-18-8-4-7-17-19(18)21(23-13-22-17)26-11-9-14(10-12-26)20-24-15-5-2-3-6-16(15)25-20/h2-8,13-14H,9-12H2,1H3,(H,24,25). The third kappa shape index (κ3) is 2.77. The lowest BCUT2D eigenvalue weighted by Crippen LogP contribution is -2.34. The first-order valence-electron chi connectivity index (χ1n) is 9.31. The van der Waals surface area contributed by atoms with Gasteiger partial charge < -0.3 is 14.6 Å². The summed E-state index contributed by atoms with van der Waals surface area (Å²) in [5, 5.41) is 0.990. The smallest absolute Gasteiger partial charge is 0.143 e. The third-order valence-electron chi connectivity index (χ3n) is 5.41. The van der Waals surface area contributed by atoms with Gasteiger partial charge in [0.05, 0.1) is 29.0 Å². The molecule has 0 spiro atoms. The van der Waals surface area contributed by atoms with Crippen molar-refractivity contribution in [1.82, 2.24) is 19.9 Å². The summed E-state index contributed by atoms with van der Waals surface area (Å²) in [7, 11) is 1.69. The van der Waals surface area contributed by atoms with Crippen LogP contribution >= 0.6 is 0 Å². The molecule has 1 aliphatic rings. The number of piperidine rings is 1. The van der Waals surface area contributed by atoms with Crippen LogP contribution in [-0.2, 0) is 0 Å². The molecule has 0 aliphatic carbocycles. The monoisotopic (exact) mass is 359 g/mol. The molecule has 0 unspecified atom stereocenters. The highest BCUT2D eigenvalue weighted by atomic mass is 16.5. The summed E-state index contributed by atoms with van der Waals surface area (Å²) in [6.45, 7) is 1.87. The second kappa shape index (κ2) is 6.54. The molecule has 0 bridgehead atoms. The Kier molecular flexibility index (Phi) is 3.89. The number of fused-ring (bicyclic) bond motifs is 2. The van der Waals surface area contributed by atoms with Crippen LogP contribution in [0.15, 0.2) is 48.8 Å². The highest BCUT2D eigenvalue weighted by Gasteiger charge is 2.25. The van der Waals surface area contributed by atoms with E-state index in [-0.39, 0.29) is 0 Å². The molecule has 1 fully saturated rings. The van der Waals surface area contributed by atoms with Crippen LogP contribution in [-0.4, -0.2) is 40.1 Å². The number of hydrogen-bond acceptors (Lipinski definition) is 5. The van der Waals surface area contributed by atoms with Crippen molar-refractivity contribution in [3.8, 4) is 5.75 Å². The fourth-order valence-corrected chi connectivity index (χ4v) is 4.00. The van der Waals surface area contributed by atoms with Gasteiger partial charge in [-0.25, -0.2) is 15.0 Å². The predicted octanol–water partition coefficient (Wildman–Crippen LogP) is 3.90. The fraction of sp³-hybridized carbons (Fsp3) is 0.286. The van der Waals surface area contributed by atoms with Gasteiger partial charge in [-0.05, 0) is 37.1 Å². The van der Waals surface area contributed by atoms with Crippen molar-refractivity contribution in [2.45, 2.75) is 18.8 Å². The SMILES string of the molecule is COc1cccc2ncnc(N3CCC(c4nc5ccccc5[nH]4)CC3)c12. The second-order valence-corrected chi connectivity index (χ2v) is 6.95. The van der Waals surface area contributed by atoms with Gasteiger partial charge in [-0.15, -0.1) is 0 Å². The molecule has 6 nitrogen and oxygen atoms in total. The molecule has 0 radical (unpaired) electrons. The lowest BCUT2D eigenvalue weighted by molar-refractivity contribution is 0.419. The minimum atomic E-state index is 0.448. The number of nitrogens with zero attached hydrogens (tertiary/aromatic N) is 4. The van der Waals surface area contributed by atoms with Gasteiger partial charge in [-0.2, -0.15) is 0 Å². The molecule has 4 aromatic rings. The van der Waals surface area contributed by atoms with Crippen molar-refractivity contribution in [2.75, 3.05) is 25.1 Å². The minimum absolute atomic E-state index is 0.448. The van der Waals surface area contributed by atoms with Gasteiger partial charge in [0.1, 0.15) is 23.7 Å². The van der Waals surface area contributed by atoms with Crippen molar-refractivity contribution in [3.05, 3.63) is 54.6 Å². The molecule has 1 N–H and O–H groups in total. The number of rotatable bonds is 3. The zero-order valence-corrected chi connectivity index (χ0v) is 15.2. The summed E-state index contributed by atoms with van der Waals surface area (Å²) in [5.74, 6) is 3.33. The average molecular weight is 359 g/mol. The largest absolute Gasteiger partial charge is 0.496 e. The van der Waals surface area contributed by atoms with Gasteiger partial charge >= 0.3 is 0 Å². The average Bonchev–Trinajstić information content (AvgIpc) is 3.17. The van der Waals surface area contributed by atoms with E-state index in [2.05, 4.69) is 32.0 Å². The van der Waals surface area contributed by atoms with Crippen LogP contribution in [0.3, 0.4) is 0 Å². The van der Waals surface area contributed by atoms with E-state index in [1.807, 2.05) is 30.3 Å². The summed E-state index contributed by atoms with van der Waals surface area (Å²) in [4.78, 5) is 19.6. The van der Waals surface area contributed by atoms with E-state index in [1.165, 1.54) is 0 Å². The Hall–Kier alpha value is -3.15. The number of aromatic nitrogens is 4. The molecular weight excluding hydrogens is 338 g/mol. The maximum Gasteiger partial charge on any atom is 0.143 e. The highest BCUT2D eigenvalue weighted by Crippen LogP contribution is 2.35. The first-order valence-corrected chi connectivity index (χ1v) is 9.31. The Morgan fingerprint density at radius 2 is 1.81 bits per heavy atom. The minimum Gasteiger partial charge on any atom is -0.496 e. The van der Waals surface area contributed by atoms with E-state index < -0.39 is 0 Å². The molecule has 1 aliphatic heterocycles. The Balaban J connectivity index is 1.41. The normalized spacial score (nSPS) is 15.5. The molecule has 27 heavy (non-hydrogen) atoms. The number of H-pyrrole nitrogens is 1. The summed E-state index contributed by atoms with van der Waals surface area (Å²) in [5.41, 5.74) is 3.07. The first-order chi connectivity index (χ1) is 13.3. The topological polar surface area (TPSA) is 66.9 Å². The number of para-hydroxylation sites is 2. The zero-order valence-electron chi connectivity index (χ0n) is 15.2. The number of anilines is 1. The van der Waals surface area contributed by atoms with Gasteiger partial charge in [0, 0.05) is 19.0 Å². The Morgan fingerprint density at radius 3 is 2.63 bits per heavy atom. The second-order valence-electron chi connectivity index (χ2n) is 6.95. The van der Waals surface area contributed by atoms with Gasteiger partial charge in [0.25, 0.3) is 0 Å². The van der Waals surface area contributed by atoms with Crippen LogP contribution in [0, 0.1) is 0 Å². The van der Waals surface area contributed by atoms with E-state index in [1.54, 1.807) is 13.4 Å². The van der Waals surface area contributed by atoms with Crippen LogP contribution in [0.5, 0.6) is 5.75 Å². The zero-order chi connectivity index (χ0) is 18.2. The number of benzene rings is 2. The molecule has 5 rings (SSSR count). The lowest BCUT2D eigenvalue weighted by Gasteiger charge is -2.32. The van der Waals surface area contributed by atoms with E-state index in [0.29, 0.717) is 5.92 Å². The van der Waals surface area contributed by atoms with Crippen LogP contribution in [0.4, 0.5) is 5.82 Å². The van der Waals surface area contributed by atoms with Gasteiger partial charge in [0.2, 0.25) is 0 Å². The molecule has 0 atom stereocenters. The number of methoxy groups -OCH3 is 1. The van der Waals surface area contributed by atoms with Crippen molar-refractivity contribution in [1.29, 1.82) is 0 Å². The lowest BCUT2D eigenvalue weighted by atomic mass is 9.96. The Morgan fingerprint density at radius 1 is 1.00 bits per heavy atom. The number of hydrogen-bond donors (Lipinski definition) is 1. The first kappa shape index (κ1) is 16.1. The number of ether oxygens (including phenoxy) is 1. The maximum absolute atomic E-state index is 5.56. The molecule has 0 saturated carbocycles. The fourth-order valence-electron chi connectivity index (χ4n) is 4.00. The van der Waals surface area contributed by atoms with E-state index in [4.69, 9.17) is 9.72 Å². The van der Waals surface area contributed by atoms with E-state index >= 15 is 0 Å². The summed E-state index contributed by atoms with van der Waals surface area (Å²) < 4.78 is 5.56. The molecular formula is C21H21N5O. The molecule has 0 amide bonds. The van der Waals surface area contributed by atoms with E-state index in [0.717, 1.165) is 65.3 Å². The molecule has 2 aromatic heterocycles. The van der Waals surface area contributed by atoms with Crippen LogP contribution in [0.2, 0.25) is 0 Å². The molecule has 2 aromatic carbocycles. The predicted molar refractivity (Wildman–Crippen MR) is 106 cm³/mol. The summed E-state index contributed by atoms with van der Waals surface area (Å²) in [6, 6.07) is 14.2. The van der Waals surface area contributed by atoms with Crippen LogP contribution in [0.1, 0.15) is 24.6 Å². The third-order valence-corrected chi connectivity index (χ3v) is 5.41. The Labute approximate surface area is 157 Å². The van der Waals surface area contributed by atoms with Gasteiger partial charge in [0.15, 0.2) is 0 Å². The van der Waals surface area contributed by atoms with Gasteiger partial charge in [-0.3, -0.25) is 0 Å². The van der Waals surface area contributed by atoms with Crippen molar-refractivity contribution in [2.24, 2.45) is 0 Å². The number of aromatic amines is 1. The van der Waals surface area contributed by atoms with Crippen molar-refractivity contribution < 1.29 is 4.74 Å². The molecule has 3 heterocycles. The highest BCUT2D eigenvalue weighted by molar-refractivity contribution is 5.94. The Bertz CT molecular complexity index is 1060. The number of imidazole rings is 1. The van der Waals surface area contributed by atoms with Crippen molar-refractivity contribution in [3.63, 3.8) is 0 Å². The van der Waals surface area contributed by atoms with Crippen molar-refractivity contribution >= 4 is 27.8 Å². The maximum atomic E-state index is 5.56. The van der Waals surface area contributed by atoms with E-state index in [9.17, 15) is 0 Å². The summed E-state index contributed by atoms with van der Waals surface area (Å²) in [6.07, 6.45) is 3.73. The van der Waals surface area contributed by atoms with Crippen LogP contribution < -0.4 is 9.64 Å². The molecule has 1 saturated heterocycles. The van der Waals surface area contributed by atoms with Crippen LogP contribution in [0.25, 0.3) is 21.9 Å².